The first-order valence-corrected chi connectivity index (χ1v) is 7.79. The van der Waals surface area contributed by atoms with Gasteiger partial charge >= 0.3 is 0 Å². The molecule has 4 nitrogen and oxygen atoms in total. The van der Waals surface area contributed by atoms with E-state index in [-0.39, 0.29) is 6.10 Å². The van der Waals surface area contributed by atoms with Crippen molar-refractivity contribution in [2.75, 3.05) is 25.0 Å². The number of pyridine rings is 1. The van der Waals surface area contributed by atoms with Crippen molar-refractivity contribution in [3.8, 4) is 0 Å². The van der Waals surface area contributed by atoms with Gasteiger partial charge in [-0.3, -0.25) is 4.98 Å². The number of hydrogen-bond donors (Lipinski definition) is 2. The summed E-state index contributed by atoms with van der Waals surface area (Å²) in [6.07, 6.45) is 5.10. The number of nitrogens with one attached hydrogen (secondary N) is 1. The average molecular weight is 275 g/mol. The molecule has 20 heavy (non-hydrogen) atoms. The van der Waals surface area contributed by atoms with E-state index in [1.165, 1.54) is 12.1 Å². The summed E-state index contributed by atoms with van der Waals surface area (Å²) >= 11 is 0. The van der Waals surface area contributed by atoms with Crippen LogP contribution in [0.5, 0.6) is 0 Å². The van der Waals surface area contributed by atoms with Gasteiger partial charge in [-0.25, -0.2) is 0 Å². The van der Waals surface area contributed by atoms with Crippen LogP contribution < -0.4 is 10.2 Å². The number of nitrogens with zero attached hydrogens (tertiary/aromatic N) is 2. The van der Waals surface area contributed by atoms with Gasteiger partial charge in [0.1, 0.15) is 0 Å². The monoisotopic (exact) mass is 275 g/mol. The van der Waals surface area contributed by atoms with Crippen LogP contribution >= 0.6 is 0 Å². The third-order valence-corrected chi connectivity index (χ3v) is 5.07. The van der Waals surface area contributed by atoms with Crippen molar-refractivity contribution in [2.45, 2.75) is 38.3 Å². The zero-order valence-corrected chi connectivity index (χ0v) is 12.4. The minimum atomic E-state index is -0.0917. The first-order chi connectivity index (χ1) is 9.72. The molecule has 3 rings (SSSR count). The summed E-state index contributed by atoms with van der Waals surface area (Å²) in [7, 11) is 1.98. The molecule has 1 aromatic rings. The maximum atomic E-state index is 9.99. The highest BCUT2D eigenvalue weighted by molar-refractivity contribution is 5.46. The summed E-state index contributed by atoms with van der Waals surface area (Å²) < 4.78 is 0. The summed E-state index contributed by atoms with van der Waals surface area (Å²) in [5.41, 5.74) is 2.31. The molecule has 0 aromatic carbocycles. The molecule has 0 spiro atoms. The highest BCUT2D eigenvalue weighted by Gasteiger charge is 2.41. The average Bonchev–Trinajstić information content (AvgIpc) is 3.04. The lowest BCUT2D eigenvalue weighted by Crippen LogP contribution is -2.24. The molecule has 2 fully saturated rings. The first kappa shape index (κ1) is 13.8. The molecule has 2 aliphatic rings. The minimum absolute atomic E-state index is 0.0917. The predicted octanol–water partition coefficient (Wildman–Crippen LogP) is 1.96. The number of rotatable bonds is 4. The van der Waals surface area contributed by atoms with E-state index in [1.807, 2.05) is 13.2 Å². The molecule has 0 bridgehead atoms. The molecule has 1 aromatic heterocycles. The lowest BCUT2D eigenvalue weighted by atomic mass is 10.00. The van der Waals surface area contributed by atoms with Crippen LogP contribution in [0.4, 0.5) is 5.69 Å². The zero-order valence-electron chi connectivity index (χ0n) is 12.4. The van der Waals surface area contributed by atoms with Gasteiger partial charge < -0.3 is 15.3 Å². The van der Waals surface area contributed by atoms with E-state index in [2.05, 4.69) is 34.3 Å². The molecule has 4 heteroatoms. The molecule has 4 unspecified atom stereocenters. The largest absolute Gasteiger partial charge is 0.393 e. The predicted molar refractivity (Wildman–Crippen MR) is 80.8 cm³/mol. The lowest BCUT2D eigenvalue weighted by molar-refractivity contribution is 0.133. The van der Waals surface area contributed by atoms with Gasteiger partial charge in [0.05, 0.1) is 23.7 Å². The van der Waals surface area contributed by atoms with E-state index in [0.29, 0.717) is 17.9 Å². The van der Waals surface area contributed by atoms with Crippen LogP contribution in [0, 0.1) is 11.8 Å². The standard InChI is InChI=1S/C16H25N3O/c1-3-14(17-2)15-6-5-12(8-18-15)19-9-11-4-7-16(20)13(11)10-19/h5-6,8,11,13-14,16-17,20H,3-4,7,9-10H2,1-2H3. The smallest absolute Gasteiger partial charge is 0.0588 e. The summed E-state index contributed by atoms with van der Waals surface area (Å²) in [5.74, 6) is 1.14. The van der Waals surface area contributed by atoms with Crippen molar-refractivity contribution < 1.29 is 5.11 Å². The number of fused-ring (bicyclic) bond motifs is 1. The quantitative estimate of drug-likeness (QED) is 0.882. The normalized spacial score (nSPS) is 30.6. The van der Waals surface area contributed by atoms with E-state index in [9.17, 15) is 5.11 Å². The van der Waals surface area contributed by atoms with Crippen LogP contribution in [0.2, 0.25) is 0 Å². The van der Waals surface area contributed by atoms with Gasteiger partial charge in [0, 0.05) is 25.0 Å². The van der Waals surface area contributed by atoms with Crippen LogP contribution in [0.3, 0.4) is 0 Å². The lowest BCUT2D eigenvalue weighted by Gasteiger charge is -2.21. The number of aliphatic hydroxyl groups is 1. The van der Waals surface area contributed by atoms with Gasteiger partial charge in [0.25, 0.3) is 0 Å². The Morgan fingerprint density at radius 1 is 1.40 bits per heavy atom. The molecule has 1 aliphatic heterocycles. The molecule has 2 heterocycles. The second kappa shape index (κ2) is 5.70. The minimum Gasteiger partial charge on any atom is -0.393 e. The van der Waals surface area contributed by atoms with Gasteiger partial charge in [-0.15, -0.1) is 0 Å². The third kappa shape index (κ3) is 2.42. The first-order valence-electron chi connectivity index (χ1n) is 7.79. The molecule has 4 atom stereocenters. The van der Waals surface area contributed by atoms with E-state index in [0.717, 1.165) is 31.6 Å². The molecule has 1 saturated carbocycles. The Morgan fingerprint density at radius 3 is 2.85 bits per heavy atom. The molecule has 1 aliphatic carbocycles. The molecular weight excluding hydrogens is 250 g/mol. The fraction of sp³-hybridized carbons (Fsp3) is 0.688. The zero-order chi connectivity index (χ0) is 14.1. The van der Waals surface area contributed by atoms with E-state index in [4.69, 9.17) is 0 Å². The summed E-state index contributed by atoms with van der Waals surface area (Å²) in [6.45, 7) is 4.22. The van der Waals surface area contributed by atoms with Gasteiger partial charge in [-0.05, 0) is 44.4 Å². The molecular formula is C16H25N3O. The summed E-state index contributed by atoms with van der Waals surface area (Å²) in [6, 6.07) is 4.64. The molecule has 110 valence electrons. The molecule has 0 amide bonds. The second-order valence-electron chi connectivity index (χ2n) is 6.16. The fourth-order valence-corrected chi connectivity index (χ4v) is 3.80. The second-order valence-corrected chi connectivity index (χ2v) is 6.16. The Bertz CT molecular complexity index is 444. The van der Waals surface area contributed by atoms with Crippen LogP contribution in [0.1, 0.15) is 37.9 Å². The van der Waals surface area contributed by atoms with E-state index in [1.54, 1.807) is 0 Å². The Kier molecular flexibility index (Phi) is 3.94. The molecule has 1 saturated heterocycles. The Hall–Kier alpha value is -1.13. The van der Waals surface area contributed by atoms with Crippen LogP contribution in [-0.4, -0.2) is 36.3 Å². The van der Waals surface area contributed by atoms with Crippen molar-refractivity contribution in [3.63, 3.8) is 0 Å². The van der Waals surface area contributed by atoms with Gasteiger partial charge in [0.2, 0.25) is 0 Å². The van der Waals surface area contributed by atoms with E-state index < -0.39 is 0 Å². The summed E-state index contributed by atoms with van der Waals surface area (Å²) in [4.78, 5) is 7.00. The third-order valence-electron chi connectivity index (χ3n) is 5.07. The number of hydrogen-bond acceptors (Lipinski definition) is 4. The number of anilines is 1. The topological polar surface area (TPSA) is 48.4 Å². The number of aliphatic hydroxyl groups excluding tert-OH is 1. The van der Waals surface area contributed by atoms with Gasteiger partial charge in [0.15, 0.2) is 0 Å². The van der Waals surface area contributed by atoms with Gasteiger partial charge in [-0.1, -0.05) is 6.92 Å². The van der Waals surface area contributed by atoms with Gasteiger partial charge in [-0.2, -0.15) is 0 Å². The highest BCUT2D eigenvalue weighted by Crippen LogP contribution is 2.39. The maximum absolute atomic E-state index is 9.99. The molecule has 0 radical (unpaired) electrons. The highest BCUT2D eigenvalue weighted by atomic mass is 16.3. The fourth-order valence-electron chi connectivity index (χ4n) is 3.80. The SMILES string of the molecule is CCC(NC)c1ccc(N2CC3CCC(O)C3C2)cn1. The van der Waals surface area contributed by atoms with Crippen molar-refractivity contribution >= 4 is 5.69 Å². The molecule has 2 N–H and O–H groups in total. The van der Waals surface area contributed by atoms with Crippen LogP contribution in [0.25, 0.3) is 0 Å². The van der Waals surface area contributed by atoms with Crippen LogP contribution in [-0.2, 0) is 0 Å². The van der Waals surface area contributed by atoms with E-state index >= 15 is 0 Å². The Labute approximate surface area is 121 Å². The van der Waals surface area contributed by atoms with Crippen LogP contribution in [0.15, 0.2) is 18.3 Å². The van der Waals surface area contributed by atoms with Crippen molar-refractivity contribution in [1.29, 1.82) is 0 Å². The maximum Gasteiger partial charge on any atom is 0.0588 e. The number of aromatic nitrogens is 1. The van der Waals surface area contributed by atoms with Crippen molar-refractivity contribution in [3.05, 3.63) is 24.0 Å². The van der Waals surface area contributed by atoms with Crippen molar-refractivity contribution in [1.82, 2.24) is 10.3 Å². The van der Waals surface area contributed by atoms with Crippen molar-refractivity contribution in [2.24, 2.45) is 11.8 Å². The Morgan fingerprint density at radius 2 is 2.25 bits per heavy atom. The Balaban J connectivity index is 1.70. The summed E-state index contributed by atoms with van der Waals surface area (Å²) in [5, 5.41) is 13.3.